The third kappa shape index (κ3) is 2.09. The van der Waals surface area contributed by atoms with E-state index in [0.29, 0.717) is 12.8 Å². The quantitative estimate of drug-likeness (QED) is 0.519. The van der Waals surface area contributed by atoms with Crippen molar-refractivity contribution in [2.75, 3.05) is 0 Å². The molecule has 0 fully saturated rings. The standard InChI is InChI=1S/C13H14O2/c1-2-6-12-11(9-13(14)15-12)10-7-4-3-5-8-10/h2,4,7-8H,1,3,5-6,9H2. The maximum atomic E-state index is 11.2. The second-order valence-electron chi connectivity index (χ2n) is 3.68. The molecule has 2 heteroatoms. The first-order valence-corrected chi connectivity index (χ1v) is 5.22. The van der Waals surface area contributed by atoms with Crippen LogP contribution in [0.15, 0.2) is 47.8 Å². The lowest BCUT2D eigenvalue weighted by Crippen LogP contribution is -1.93. The minimum atomic E-state index is -0.151. The molecule has 1 aliphatic carbocycles. The zero-order valence-corrected chi connectivity index (χ0v) is 8.66. The van der Waals surface area contributed by atoms with E-state index in [9.17, 15) is 4.79 Å². The lowest BCUT2D eigenvalue weighted by atomic mass is 9.96. The molecule has 78 valence electrons. The highest BCUT2D eigenvalue weighted by Crippen LogP contribution is 2.31. The predicted molar refractivity (Wildman–Crippen MR) is 59.0 cm³/mol. The topological polar surface area (TPSA) is 26.3 Å². The summed E-state index contributed by atoms with van der Waals surface area (Å²) in [7, 11) is 0. The monoisotopic (exact) mass is 202 g/mol. The van der Waals surface area contributed by atoms with E-state index in [2.05, 4.69) is 24.8 Å². The molecule has 2 nitrogen and oxygen atoms in total. The molecule has 0 saturated carbocycles. The Hall–Kier alpha value is -1.57. The summed E-state index contributed by atoms with van der Waals surface area (Å²) in [5.74, 6) is 0.620. The Labute approximate surface area is 89.6 Å². The van der Waals surface area contributed by atoms with Gasteiger partial charge >= 0.3 is 5.97 Å². The van der Waals surface area contributed by atoms with Gasteiger partial charge in [-0.3, -0.25) is 4.79 Å². The molecule has 0 unspecified atom stereocenters. The molecule has 15 heavy (non-hydrogen) atoms. The first-order valence-electron chi connectivity index (χ1n) is 5.22. The van der Waals surface area contributed by atoms with Gasteiger partial charge in [0.2, 0.25) is 0 Å². The van der Waals surface area contributed by atoms with Crippen molar-refractivity contribution in [3.05, 3.63) is 47.8 Å². The summed E-state index contributed by atoms with van der Waals surface area (Å²) in [5.41, 5.74) is 2.18. The lowest BCUT2D eigenvalue weighted by Gasteiger charge is -2.07. The predicted octanol–water partition coefficient (Wildman–Crippen LogP) is 3.04. The maximum Gasteiger partial charge on any atom is 0.315 e. The maximum absolute atomic E-state index is 11.2. The summed E-state index contributed by atoms with van der Waals surface area (Å²) in [4.78, 5) is 11.2. The molecule has 0 radical (unpaired) electrons. The second-order valence-corrected chi connectivity index (χ2v) is 3.68. The lowest BCUT2D eigenvalue weighted by molar-refractivity contribution is -0.136. The molecule has 0 aromatic rings. The van der Waals surface area contributed by atoms with Gasteiger partial charge < -0.3 is 4.74 Å². The van der Waals surface area contributed by atoms with Crippen molar-refractivity contribution in [3.8, 4) is 0 Å². The van der Waals surface area contributed by atoms with Gasteiger partial charge in [-0.15, -0.1) is 6.58 Å². The van der Waals surface area contributed by atoms with Crippen LogP contribution in [0.3, 0.4) is 0 Å². The molecule has 0 N–H and O–H groups in total. The normalized spacial score (nSPS) is 20.3. The van der Waals surface area contributed by atoms with Crippen LogP contribution in [-0.2, 0) is 9.53 Å². The summed E-state index contributed by atoms with van der Waals surface area (Å²) >= 11 is 0. The van der Waals surface area contributed by atoms with Gasteiger partial charge in [-0.25, -0.2) is 0 Å². The second kappa shape index (κ2) is 4.30. The zero-order chi connectivity index (χ0) is 10.7. The van der Waals surface area contributed by atoms with E-state index < -0.39 is 0 Å². The smallest absolute Gasteiger partial charge is 0.315 e. The number of cyclic esters (lactones) is 1. The van der Waals surface area contributed by atoms with Crippen LogP contribution in [0.1, 0.15) is 25.7 Å². The molecule has 2 aliphatic rings. The number of carbonyl (C=O) groups excluding carboxylic acids is 1. The van der Waals surface area contributed by atoms with Gasteiger partial charge in [-0.05, 0) is 18.4 Å². The molecule has 1 aliphatic heterocycles. The molecular formula is C13H14O2. The molecule has 0 aromatic heterocycles. The number of hydrogen-bond acceptors (Lipinski definition) is 2. The molecule has 0 amide bonds. The Morgan fingerprint density at radius 1 is 1.47 bits per heavy atom. The number of ether oxygens (including phenoxy) is 1. The minimum absolute atomic E-state index is 0.151. The number of esters is 1. The molecule has 0 bridgehead atoms. The fourth-order valence-electron chi connectivity index (χ4n) is 1.87. The first-order chi connectivity index (χ1) is 7.31. The van der Waals surface area contributed by atoms with Crippen molar-refractivity contribution in [1.29, 1.82) is 0 Å². The van der Waals surface area contributed by atoms with Crippen molar-refractivity contribution >= 4 is 5.97 Å². The van der Waals surface area contributed by atoms with Gasteiger partial charge in [-0.2, -0.15) is 0 Å². The van der Waals surface area contributed by atoms with Gasteiger partial charge in [0.15, 0.2) is 0 Å². The van der Waals surface area contributed by atoms with E-state index in [1.807, 2.05) is 0 Å². The molecule has 2 rings (SSSR count). The van der Waals surface area contributed by atoms with Crippen molar-refractivity contribution in [1.82, 2.24) is 0 Å². The van der Waals surface area contributed by atoms with E-state index >= 15 is 0 Å². The summed E-state index contributed by atoms with van der Waals surface area (Å²) in [6.07, 6.45) is 11.3. The van der Waals surface area contributed by atoms with Gasteiger partial charge in [0, 0.05) is 12.0 Å². The van der Waals surface area contributed by atoms with Crippen LogP contribution < -0.4 is 0 Å². The zero-order valence-electron chi connectivity index (χ0n) is 8.66. The molecule has 1 heterocycles. The van der Waals surface area contributed by atoms with Gasteiger partial charge in [0.05, 0.1) is 6.42 Å². The van der Waals surface area contributed by atoms with Crippen molar-refractivity contribution < 1.29 is 9.53 Å². The van der Waals surface area contributed by atoms with E-state index in [0.717, 1.165) is 29.7 Å². The summed E-state index contributed by atoms with van der Waals surface area (Å²) in [5, 5.41) is 0. The highest BCUT2D eigenvalue weighted by atomic mass is 16.5. The average Bonchev–Trinajstić information content (AvgIpc) is 2.62. The number of rotatable bonds is 3. The summed E-state index contributed by atoms with van der Waals surface area (Å²) in [6.45, 7) is 3.67. The van der Waals surface area contributed by atoms with Crippen LogP contribution in [0.5, 0.6) is 0 Å². The number of carbonyl (C=O) groups is 1. The summed E-state index contributed by atoms with van der Waals surface area (Å²) in [6, 6.07) is 0. The van der Waals surface area contributed by atoms with E-state index in [-0.39, 0.29) is 5.97 Å². The Bertz CT molecular complexity index is 383. The first kappa shape index (κ1) is 9.97. The highest BCUT2D eigenvalue weighted by Gasteiger charge is 2.24. The Morgan fingerprint density at radius 3 is 3.00 bits per heavy atom. The van der Waals surface area contributed by atoms with Crippen molar-refractivity contribution in [2.45, 2.75) is 25.7 Å². The Morgan fingerprint density at radius 2 is 2.33 bits per heavy atom. The van der Waals surface area contributed by atoms with Crippen LogP contribution in [-0.4, -0.2) is 5.97 Å². The molecule has 0 saturated heterocycles. The average molecular weight is 202 g/mol. The van der Waals surface area contributed by atoms with Gasteiger partial charge in [0.25, 0.3) is 0 Å². The van der Waals surface area contributed by atoms with E-state index in [4.69, 9.17) is 4.74 Å². The van der Waals surface area contributed by atoms with Gasteiger partial charge in [0.1, 0.15) is 5.76 Å². The minimum Gasteiger partial charge on any atom is -0.430 e. The molecule has 0 aromatic carbocycles. The van der Waals surface area contributed by atoms with Gasteiger partial charge in [-0.1, -0.05) is 24.3 Å². The fourth-order valence-corrected chi connectivity index (χ4v) is 1.87. The van der Waals surface area contributed by atoms with Crippen LogP contribution in [0.4, 0.5) is 0 Å². The molecule has 0 atom stereocenters. The third-order valence-electron chi connectivity index (χ3n) is 2.57. The Balaban J connectivity index is 2.27. The van der Waals surface area contributed by atoms with Crippen LogP contribution in [0, 0.1) is 0 Å². The molecular weight excluding hydrogens is 188 g/mol. The largest absolute Gasteiger partial charge is 0.430 e. The van der Waals surface area contributed by atoms with Crippen LogP contribution in [0.2, 0.25) is 0 Å². The van der Waals surface area contributed by atoms with Crippen molar-refractivity contribution in [3.63, 3.8) is 0 Å². The van der Waals surface area contributed by atoms with Crippen LogP contribution >= 0.6 is 0 Å². The fraction of sp³-hybridized carbons (Fsp3) is 0.308. The Kier molecular flexibility index (Phi) is 2.86. The summed E-state index contributed by atoms with van der Waals surface area (Å²) < 4.78 is 5.16. The number of hydrogen-bond donors (Lipinski definition) is 0. The van der Waals surface area contributed by atoms with E-state index in [1.165, 1.54) is 0 Å². The third-order valence-corrected chi connectivity index (χ3v) is 2.57. The van der Waals surface area contributed by atoms with E-state index in [1.54, 1.807) is 6.08 Å². The highest BCUT2D eigenvalue weighted by molar-refractivity contribution is 5.79. The number of allylic oxidation sites excluding steroid dienone is 5. The molecule has 0 spiro atoms. The van der Waals surface area contributed by atoms with Crippen LogP contribution in [0.25, 0.3) is 0 Å². The SMILES string of the molecule is C=CCC1=C(C2=CCCC=C2)CC(=O)O1. The van der Waals surface area contributed by atoms with Crippen molar-refractivity contribution in [2.24, 2.45) is 0 Å².